The molecule has 0 spiro atoms. The highest BCUT2D eigenvalue weighted by Crippen LogP contribution is 2.15. The zero-order chi connectivity index (χ0) is 19.8. The third-order valence-electron chi connectivity index (χ3n) is 4.75. The predicted molar refractivity (Wildman–Crippen MR) is 105 cm³/mol. The molecule has 148 valence electrons. The number of nitrogens with zero attached hydrogens (tertiary/aromatic N) is 1. The smallest absolute Gasteiger partial charge is 0.253 e. The predicted octanol–water partition coefficient (Wildman–Crippen LogP) is 1.74. The molecule has 4 N–H and O–H groups in total. The Balaban J connectivity index is 1.85. The summed E-state index contributed by atoms with van der Waals surface area (Å²) in [6.07, 6.45) is 4.44. The van der Waals surface area contributed by atoms with Gasteiger partial charge < -0.3 is 21.3 Å². The molecule has 0 saturated carbocycles. The summed E-state index contributed by atoms with van der Waals surface area (Å²) < 4.78 is 0. The van der Waals surface area contributed by atoms with Gasteiger partial charge in [-0.1, -0.05) is 26.7 Å². The second-order valence-electron chi connectivity index (χ2n) is 7.32. The van der Waals surface area contributed by atoms with Crippen molar-refractivity contribution in [1.82, 2.24) is 10.2 Å². The van der Waals surface area contributed by atoms with E-state index in [-0.39, 0.29) is 30.2 Å². The van der Waals surface area contributed by atoms with Crippen molar-refractivity contribution in [2.45, 2.75) is 45.6 Å². The largest absolute Gasteiger partial charge is 0.346 e. The molecule has 0 radical (unpaired) electrons. The van der Waals surface area contributed by atoms with Crippen LogP contribution in [-0.4, -0.2) is 48.3 Å². The number of hydrogen-bond donors (Lipinski definition) is 3. The van der Waals surface area contributed by atoms with Crippen LogP contribution in [0, 0.1) is 5.92 Å². The van der Waals surface area contributed by atoms with Gasteiger partial charge in [-0.2, -0.15) is 0 Å². The van der Waals surface area contributed by atoms with Crippen molar-refractivity contribution in [3.63, 3.8) is 0 Å². The number of anilines is 1. The normalized spacial score (nSPS) is 15.8. The molecule has 1 aromatic rings. The van der Waals surface area contributed by atoms with Gasteiger partial charge in [-0.25, -0.2) is 0 Å². The minimum atomic E-state index is -0.637. The van der Waals surface area contributed by atoms with Crippen molar-refractivity contribution >= 4 is 23.4 Å². The van der Waals surface area contributed by atoms with Crippen LogP contribution in [0.1, 0.15) is 49.9 Å². The molecule has 27 heavy (non-hydrogen) atoms. The molecular formula is C20H30N4O3. The van der Waals surface area contributed by atoms with E-state index < -0.39 is 6.04 Å². The second kappa shape index (κ2) is 10.1. The molecule has 0 bridgehead atoms. The Kier molecular flexibility index (Phi) is 7.79. The molecule has 0 aromatic heterocycles. The fourth-order valence-corrected chi connectivity index (χ4v) is 2.95. The van der Waals surface area contributed by atoms with E-state index in [1.807, 2.05) is 18.7 Å². The Bertz CT molecular complexity index is 650. The third-order valence-corrected chi connectivity index (χ3v) is 4.75. The van der Waals surface area contributed by atoms with Crippen LogP contribution < -0.4 is 16.4 Å². The molecule has 1 atom stereocenters. The first-order valence-electron chi connectivity index (χ1n) is 9.61. The van der Waals surface area contributed by atoms with Gasteiger partial charge in [-0.05, 0) is 43.0 Å². The summed E-state index contributed by atoms with van der Waals surface area (Å²) in [5.74, 6) is -0.656. The van der Waals surface area contributed by atoms with E-state index in [0.29, 0.717) is 11.3 Å². The van der Waals surface area contributed by atoms with Crippen molar-refractivity contribution in [2.24, 2.45) is 11.7 Å². The number of hydrogen-bond acceptors (Lipinski definition) is 4. The number of carbonyl (C=O) groups is 3. The standard InChI is InChI=1S/C20H30N4O3/c1-14(2)18(21)19(26)22-13-17(25)23-16-9-7-15(8-10-16)20(27)24-11-5-3-4-6-12-24/h7-10,14,18H,3-6,11-13,21H2,1-2H3,(H,22,26)(H,23,25)/t18-/m0/s1. The van der Waals surface area contributed by atoms with Gasteiger partial charge in [0, 0.05) is 24.3 Å². The summed E-state index contributed by atoms with van der Waals surface area (Å²) in [6.45, 7) is 5.15. The van der Waals surface area contributed by atoms with Crippen molar-refractivity contribution in [2.75, 3.05) is 25.0 Å². The average Bonchev–Trinajstić information content (AvgIpc) is 2.95. The van der Waals surface area contributed by atoms with E-state index in [0.717, 1.165) is 25.9 Å². The van der Waals surface area contributed by atoms with Gasteiger partial charge in [0.15, 0.2) is 0 Å². The Morgan fingerprint density at radius 2 is 1.63 bits per heavy atom. The summed E-state index contributed by atoms with van der Waals surface area (Å²) in [4.78, 5) is 38.2. The lowest BCUT2D eigenvalue weighted by Gasteiger charge is -2.20. The molecule has 1 fully saturated rings. The molecule has 0 aliphatic carbocycles. The summed E-state index contributed by atoms with van der Waals surface area (Å²) >= 11 is 0. The van der Waals surface area contributed by atoms with Gasteiger partial charge in [0.05, 0.1) is 12.6 Å². The van der Waals surface area contributed by atoms with E-state index in [9.17, 15) is 14.4 Å². The molecule has 2 rings (SSSR count). The summed E-state index contributed by atoms with van der Waals surface area (Å²) in [5, 5.41) is 5.23. The molecule has 1 saturated heterocycles. The molecule has 1 heterocycles. The average molecular weight is 374 g/mol. The lowest BCUT2D eigenvalue weighted by Crippen LogP contribution is -2.46. The molecule has 1 aliphatic heterocycles. The van der Waals surface area contributed by atoms with Gasteiger partial charge in [-0.3, -0.25) is 14.4 Å². The van der Waals surface area contributed by atoms with Crippen LogP contribution in [0.25, 0.3) is 0 Å². The lowest BCUT2D eigenvalue weighted by molar-refractivity contribution is -0.125. The van der Waals surface area contributed by atoms with Crippen molar-refractivity contribution in [1.29, 1.82) is 0 Å². The molecule has 1 aromatic carbocycles. The second-order valence-corrected chi connectivity index (χ2v) is 7.32. The van der Waals surface area contributed by atoms with Crippen LogP contribution in [0.2, 0.25) is 0 Å². The summed E-state index contributed by atoms with van der Waals surface area (Å²) in [6, 6.07) is 6.20. The maximum absolute atomic E-state index is 12.6. The van der Waals surface area contributed by atoms with Crippen LogP contribution in [0.15, 0.2) is 24.3 Å². The maximum atomic E-state index is 12.6. The van der Waals surface area contributed by atoms with Crippen LogP contribution in [0.3, 0.4) is 0 Å². The van der Waals surface area contributed by atoms with E-state index in [2.05, 4.69) is 10.6 Å². The monoisotopic (exact) mass is 374 g/mol. The lowest BCUT2D eigenvalue weighted by atomic mass is 10.1. The van der Waals surface area contributed by atoms with Gasteiger partial charge in [-0.15, -0.1) is 0 Å². The third kappa shape index (κ3) is 6.36. The van der Waals surface area contributed by atoms with E-state index in [1.165, 1.54) is 12.8 Å². The van der Waals surface area contributed by atoms with Crippen LogP contribution in [-0.2, 0) is 9.59 Å². The Labute approximate surface area is 160 Å². The number of amides is 3. The topological polar surface area (TPSA) is 105 Å². The first-order valence-corrected chi connectivity index (χ1v) is 9.61. The van der Waals surface area contributed by atoms with Gasteiger partial charge in [0.25, 0.3) is 5.91 Å². The van der Waals surface area contributed by atoms with Crippen LogP contribution in [0.4, 0.5) is 5.69 Å². The maximum Gasteiger partial charge on any atom is 0.253 e. The fourth-order valence-electron chi connectivity index (χ4n) is 2.95. The van der Waals surface area contributed by atoms with Crippen LogP contribution in [0.5, 0.6) is 0 Å². The number of rotatable bonds is 6. The molecule has 7 heteroatoms. The van der Waals surface area contributed by atoms with Crippen molar-refractivity contribution < 1.29 is 14.4 Å². The highest BCUT2D eigenvalue weighted by atomic mass is 16.2. The highest BCUT2D eigenvalue weighted by molar-refractivity contribution is 5.97. The Hall–Kier alpha value is -2.41. The van der Waals surface area contributed by atoms with Gasteiger partial charge >= 0.3 is 0 Å². The molecule has 1 aliphatic rings. The number of carbonyl (C=O) groups excluding carboxylic acids is 3. The zero-order valence-corrected chi connectivity index (χ0v) is 16.2. The van der Waals surface area contributed by atoms with E-state index in [1.54, 1.807) is 24.3 Å². The first kappa shape index (κ1) is 20.9. The number of likely N-dealkylation sites (tertiary alicyclic amines) is 1. The minimum Gasteiger partial charge on any atom is -0.346 e. The van der Waals surface area contributed by atoms with E-state index >= 15 is 0 Å². The summed E-state index contributed by atoms with van der Waals surface area (Å²) in [5.41, 5.74) is 6.93. The number of nitrogens with two attached hydrogens (primary N) is 1. The van der Waals surface area contributed by atoms with Crippen molar-refractivity contribution in [3.05, 3.63) is 29.8 Å². The quantitative estimate of drug-likeness (QED) is 0.705. The fraction of sp³-hybridized carbons (Fsp3) is 0.550. The first-order chi connectivity index (χ1) is 12.9. The van der Waals surface area contributed by atoms with Gasteiger partial charge in [0.2, 0.25) is 11.8 Å². The van der Waals surface area contributed by atoms with Crippen LogP contribution >= 0.6 is 0 Å². The molecule has 3 amide bonds. The summed E-state index contributed by atoms with van der Waals surface area (Å²) in [7, 11) is 0. The van der Waals surface area contributed by atoms with Gasteiger partial charge in [0.1, 0.15) is 0 Å². The Morgan fingerprint density at radius 3 is 2.19 bits per heavy atom. The highest BCUT2D eigenvalue weighted by Gasteiger charge is 2.18. The molecule has 0 unspecified atom stereocenters. The van der Waals surface area contributed by atoms with Crippen molar-refractivity contribution in [3.8, 4) is 0 Å². The number of benzene rings is 1. The zero-order valence-electron chi connectivity index (χ0n) is 16.2. The van der Waals surface area contributed by atoms with E-state index in [4.69, 9.17) is 5.73 Å². The minimum absolute atomic E-state index is 0.00217. The molecule has 7 nitrogen and oxygen atoms in total. The Morgan fingerprint density at radius 1 is 1.04 bits per heavy atom. The SMILES string of the molecule is CC(C)[C@H](N)C(=O)NCC(=O)Nc1ccc(C(=O)N2CCCCCC2)cc1. The number of nitrogens with one attached hydrogen (secondary N) is 2. The molecular weight excluding hydrogens is 344 g/mol.